The van der Waals surface area contributed by atoms with Crippen LogP contribution in [0, 0.1) is 0 Å². The molecule has 4 aromatic rings. The van der Waals surface area contributed by atoms with Crippen molar-refractivity contribution in [1.29, 1.82) is 0 Å². The molecule has 5 nitrogen and oxygen atoms in total. The van der Waals surface area contributed by atoms with Crippen molar-refractivity contribution in [1.82, 2.24) is 4.98 Å². The number of thiazole rings is 1. The van der Waals surface area contributed by atoms with Crippen molar-refractivity contribution in [3.8, 4) is 0 Å². The molecule has 1 amide bonds. The van der Waals surface area contributed by atoms with Gasteiger partial charge in [0.15, 0.2) is 10.9 Å². The maximum atomic E-state index is 12.9. The van der Waals surface area contributed by atoms with Crippen LogP contribution in [0.1, 0.15) is 41.4 Å². The van der Waals surface area contributed by atoms with Gasteiger partial charge in [0.25, 0.3) is 5.91 Å². The van der Waals surface area contributed by atoms with E-state index in [1.807, 2.05) is 30.3 Å². The summed E-state index contributed by atoms with van der Waals surface area (Å²) < 4.78 is 12.2. The SMILES string of the molecule is CCCCc1ccc2nc(NC(=O)c3oc4ccccc4c3COC)sc2c1. The van der Waals surface area contributed by atoms with Crippen LogP contribution in [0.15, 0.2) is 46.9 Å². The van der Waals surface area contributed by atoms with Crippen molar-refractivity contribution in [2.75, 3.05) is 12.4 Å². The summed E-state index contributed by atoms with van der Waals surface area (Å²) in [7, 11) is 1.60. The number of aromatic nitrogens is 1. The lowest BCUT2D eigenvalue weighted by Crippen LogP contribution is -2.13. The van der Waals surface area contributed by atoms with Gasteiger partial charge in [-0.15, -0.1) is 0 Å². The minimum absolute atomic E-state index is 0.269. The third-order valence-corrected chi connectivity index (χ3v) is 5.62. The van der Waals surface area contributed by atoms with E-state index in [1.165, 1.54) is 29.7 Å². The Balaban J connectivity index is 1.61. The number of hydrogen-bond acceptors (Lipinski definition) is 5. The molecule has 2 heterocycles. The van der Waals surface area contributed by atoms with Gasteiger partial charge in [-0.25, -0.2) is 4.98 Å². The fourth-order valence-corrected chi connectivity index (χ4v) is 4.21. The van der Waals surface area contributed by atoms with Crippen LogP contribution in [0.5, 0.6) is 0 Å². The largest absolute Gasteiger partial charge is 0.451 e. The highest BCUT2D eigenvalue weighted by Gasteiger charge is 2.21. The zero-order valence-corrected chi connectivity index (χ0v) is 16.8. The van der Waals surface area contributed by atoms with Gasteiger partial charge in [0.2, 0.25) is 0 Å². The van der Waals surface area contributed by atoms with E-state index in [4.69, 9.17) is 9.15 Å². The Morgan fingerprint density at radius 1 is 1.25 bits per heavy atom. The van der Waals surface area contributed by atoms with E-state index in [9.17, 15) is 4.79 Å². The molecule has 1 N–H and O–H groups in total. The fourth-order valence-electron chi connectivity index (χ4n) is 3.28. The Morgan fingerprint density at radius 2 is 2.11 bits per heavy atom. The van der Waals surface area contributed by atoms with Crippen molar-refractivity contribution < 1.29 is 13.9 Å². The molecular formula is C22H22N2O3S. The number of benzene rings is 2. The lowest BCUT2D eigenvalue weighted by atomic mass is 10.1. The zero-order chi connectivity index (χ0) is 19.5. The highest BCUT2D eigenvalue weighted by molar-refractivity contribution is 7.22. The summed E-state index contributed by atoms with van der Waals surface area (Å²) in [5.41, 5.74) is 3.61. The highest BCUT2D eigenvalue weighted by Crippen LogP contribution is 2.30. The summed E-state index contributed by atoms with van der Waals surface area (Å²) in [6.07, 6.45) is 3.40. The van der Waals surface area contributed by atoms with Gasteiger partial charge in [0.05, 0.1) is 16.8 Å². The molecule has 0 unspecified atom stereocenters. The molecule has 28 heavy (non-hydrogen) atoms. The molecule has 4 rings (SSSR count). The number of amides is 1. The number of rotatable bonds is 7. The second kappa shape index (κ2) is 8.12. The molecule has 2 aromatic heterocycles. The molecule has 0 fully saturated rings. The molecule has 0 bridgehead atoms. The number of fused-ring (bicyclic) bond motifs is 2. The number of carbonyl (C=O) groups excluding carboxylic acids is 1. The number of methoxy groups -OCH3 is 1. The van der Waals surface area contributed by atoms with E-state index in [0.717, 1.165) is 27.6 Å². The summed E-state index contributed by atoms with van der Waals surface area (Å²) in [6.45, 7) is 2.50. The van der Waals surface area contributed by atoms with Gasteiger partial charge in [-0.2, -0.15) is 0 Å². The smallest absolute Gasteiger partial charge is 0.293 e. The molecule has 0 aliphatic carbocycles. The first kappa shape index (κ1) is 18.7. The Labute approximate surface area is 167 Å². The third kappa shape index (κ3) is 3.66. The normalized spacial score (nSPS) is 11.4. The summed E-state index contributed by atoms with van der Waals surface area (Å²) in [4.78, 5) is 17.4. The standard InChI is InChI=1S/C22H22N2O3S/c1-3-4-7-14-10-11-17-19(12-14)28-22(23-17)24-21(25)20-16(13-26-2)15-8-5-6-9-18(15)27-20/h5-6,8-12H,3-4,7,13H2,1-2H3,(H,23,24,25). The van der Waals surface area contributed by atoms with Crippen LogP contribution in [0.2, 0.25) is 0 Å². The van der Waals surface area contributed by atoms with Crippen molar-refractivity contribution in [3.63, 3.8) is 0 Å². The maximum absolute atomic E-state index is 12.9. The first-order valence-electron chi connectivity index (χ1n) is 9.39. The van der Waals surface area contributed by atoms with Crippen LogP contribution >= 0.6 is 11.3 Å². The summed E-state index contributed by atoms with van der Waals surface area (Å²) in [5, 5.41) is 4.34. The van der Waals surface area contributed by atoms with Crippen LogP contribution in [0.25, 0.3) is 21.2 Å². The van der Waals surface area contributed by atoms with Crippen molar-refractivity contribution in [3.05, 3.63) is 59.4 Å². The van der Waals surface area contributed by atoms with E-state index in [1.54, 1.807) is 7.11 Å². The van der Waals surface area contributed by atoms with Crippen molar-refractivity contribution >= 4 is 43.6 Å². The van der Waals surface area contributed by atoms with Crippen LogP contribution in [0.3, 0.4) is 0 Å². The number of carbonyl (C=O) groups is 1. The molecule has 0 saturated carbocycles. The van der Waals surface area contributed by atoms with Gasteiger partial charge in [0, 0.05) is 18.1 Å². The molecule has 0 spiro atoms. The van der Waals surface area contributed by atoms with Gasteiger partial charge >= 0.3 is 0 Å². The average molecular weight is 394 g/mol. The van der Waals surface area contributed by atoms with Crippen molar-refractivity contribution in [2.45, 2.75) is 32.8 Å². The third-order valence-electron chi connectivity index (χ3n) is 4.69. The molecule has 6 heteroatoms. The minimum Gasteiger partial charge on any atom is -0.451 e. The number of furan rings is 1. The number of nitrogens with zero attached hydrogens (tertiary/aromatic N) is 1. The number of unbranched alkanes of at least 4 members (excludes halogenated alkanes) is 1. The first-order chi connectivity index (χ1) is 13.7. The van der Waals surface area contributed by atoms with Crippen LogP contribution in [-0.2, 0) is 17.8 Å². The lowest BCUT2D eigenvalue weighted by molar-refractivity contribution is 0.0992. The van der Waals surface area contributed by atoms with Gasteiger partial charge in [-0.3, -0.25) is 10.1 Å². The number of anilines is 1. The predicted octanol–water partition coefficient (Wildman–Crippen LogP) is 5.78. The minimum atomic E-state index is -0.312. The second-order valence-corrected chi connectivity index (χ2v) is 7.75. The van der Waals surface area contributed by atoms with Gasteiger partial charge in [-0.05, 0) is 36.6 Å². The molecular weight excluding hydrogens is 372 g/mol. The summed E-state index contributed by atoms with van der Waals surface area (Å²) >= 11 is 1.48. The van der Waals surface area contributed by atoms with Crippen molar-refractivity contribution in [2.24, 2.45) is 0 Å². The quantitative estimate of drug-likeness (QED) is 0.431. The van der Waals surface area contributed by atoms with Crippen LogP contribution in [0.4, 0.5) is 5.13 Å². The second-order valence-electron chi connectivity index (χ2n) is 6.72. The van der Waals surface area contributed by atoms with E-state index < -0.39 is 0 Å². The molecule has 144 valence electrons. The molecule has 0 atom stereocenters. The van der Waals surface area contributed by atoms with E-state index in [2.05, 4.69) is 29.4 Å². The Kier molecular flexibility index (Phi) is 5.41. The predicted molar refractivity (Wildman–Crippen MR) is 113 cm³/mol. The van der Waals surface area contributed by atoms with E-state index in [0.29, 0.717) is 17.3 Å². The maximum Gasteiger partial charge on any atom is 0.293 e. The van der Waals surface area contributed by atoms with Gasteiger partial charge in [0.1, 0.15) is 5.58 Å². The first-order valence-corrected chi connectivity index (χ1v) is 10.2. The van der Waals surface area contributed by atoms with Gasteiger partial charge < -0.3 is 9.15 Å². The Morgan fingerprint density at radius 3 is 2.93 bits per heavy atom. The molecule has 0 saturated heterocycles. The monoisotopic (exact) mass is 394 g/mol. The number of hydrogen-bond donors (Lipinski definition) is 1. The Hall–Kier alpha value is -2.70. The van der Waals surface area contributed by atoms with E-state index >= 15 is 0 Å². The number of aryl methyl sites for hydroxylation is 1. The van der Waals surface area contributed by atoms with Crippen LogP contribution in [-0.4, -0.2) is 18.0 Å². The molecule has 0 radical (unpaired) electrons. The molecule has 0 aliphatic rings. The highest BCUT2D eigenvalue weighted by atomic mass is 32.1. The topological polar surface area (TPSA) is 64.4 Å². The average Bonchev–Trinajstić information content (AvgIpc) is 3.27. The number of nitrogens with one attached hydrogen (secondary N) is 1. The Bertz CT molecular complexity index is 1130. The van der Waals surface area contributed by atoms with E-state index in [-0.39, 0.29) is 11.7 Å². The van der Waals surface area contributed by atoms with Gasteiger partial charge in [-0.1, -0.05) is 48.9 Å². The molecule has 0 aliphatic heterocycles. The zero-order valence-electron chi connectivity index (χ0n) is 16.0. The van der Waals surface area contributed by atoms with Crippen LogP contribution < -0.4 is 5.32 Å². The number of para-hydroxylation sites is 1. The summed E-state index contributed by atoms with van der Waals surface area (Å²) in [6, 6.07) is 13.9. The molecule has 2 aromatic carbocycles. The lowest BCUT2D eigenvalue weighted by Gasteiger charge is -2.02. The number of ether oxygens (including phenoxy) is 1. The fraction of sp³-hybridized carbons (Fsp3) is 0.273. The summed E-state index contributed by atoms with van der Waals surface area (Å²) in [5.74, 6) is -0.0422.